The monoisotopic (exact) mass is 637 g/mol. The minimum atomic E-state index is -3.65. The highest BCUT2D eigenvalue weighted by Crippen LogP contribution is 2.43. The van der Waals surface area contributed by atoms with Crippen molar-refractivity contribution in [3.63, 3.8) is 0 Å². The number of fused-ring (bicyclic) bond motifs is 1. The van der Waals surface area contributed by atoms with Gasteiger partial charge in [-0.15, -0.1) is 5.10 Å². The molecule has 1 aromatic carbocycles. The summed E-state index contributed by atoms with van der Waals surface area (Å²) >= 11 is 0. The van der Waals surface area contributed by atoms with Gasteiger partial charge >= 0.3 is 5.97 Å². The molecule has 17 heteroatoms. The Kier molecular flexibility index (Phi) is 9.58. The number of nitrogens with one attached hydrogen (secondary N) is 2. The molecule has 1 unspecified atom stereocenters. The fraction of sp³-hybridized carbons (Fsp3) is 0.593. The molecule has 0 amide bonds. The van der Waals surface area contributed by atoms with Gasteiger partial charge in [-0.2, -0.15) is 0 Å². The second-order valence-corrected chi connectivity index (χ2v) is 13.7. The number of hydrogen-bond acceptors (Lipinski definition) is 10. The van der Waals surface area contributed by atoms with Gasteiger partial charge in [0.05, 0.1) is 24.1 Å². The van der Waals surface area contributed by atoms with Gasteiger partial charge in [0.1, 0.15) is 30.1 Å². The van der Waals surface area contributed by atoms with Crippen molar-refractivity contribution in [2.75, 3.05) is 20.1 Å². The molecule has 3 aromatic rings. The summed E-state index contributed by atoms with van der Waals surface area (Å²) in [6, 6.07) is 1.29. The third-order valence-electron chi connectivity index (χ3n) is 7.76. The number of methoxy groups -OCH3 is 1. The Labute approximate surface area is 253 Å². The molecule has 2 aliphatic heterocycles. The van der Waals surface area contributed by atoms with Crippen LogP contribution in [0.25, 0.3) is 11.6 Å². The van der Waals surface area contributed by atoms with Gasteiger partial charge in [-0.3, -0.25) is 14.3 Å². The van der Waals surface area contributed by atoms with Crippen molar-refractivity contribution in [2.45, 2.75) is 70.6 Å². The zero-order valence-corrected chi connectivity index (χ0v) is 26.4. The van der Waals surface area contributed by atoms with Gasteiger partial charge < -0.3 is 18.8 Å². The zero-order valence-electron chi connectivity index (χ0n) is 25.5. The lowest BCUT2D eigenvalue weighted by Crippen LogP contribution is -2.51. The Bertz CT molecular complexity index is 1550. The van der Waals surface area contributed by atoms with Crippen molar-refractivity contribution in [3.8, 4) is 11.6 Å². The summed E-state index contributed by atoms with van der Waals surface area (Å²) in [5.41, 5.74) is 1.87. The van der Waals surface area contributed by atoms with Gasteiger partial charge in [0.15, 0.2) is 5.82 Å². The maximum absolute atomic E-state index is 15.0. The number of esters is 1. The smallest absolute Gasteiger partial charge is 0.323 e. The molecule has 2 N–H and O–H groups in total. The molecule has 0 spiro atoms. The summed E-state index contributed by atoms with van der Waals surface area (Å²) in [6.07, 6.45) is -1.23. The molecule has 0 radical (unpaired) electrons. The highest BCUT2D eigenvalue weighted by atomic mass is 31.2. The van der Waals surface area contributed by atoms with Gasteiger partial charge in [0.2, 0.25) is 13.3 Å². The molecule has 1 saturated heterocycles. The minimum Gasteiger partial charge on any atom is -0.462 e. The van der Waals surface area contributed by atoms with E-state index >= 15 is 4.39 Å². The fourth-order valence-electron chi connectivity index (χ4n) is 5.72. The Morgan fingerprint density at radius 1 is 1.20 bits per heavy atom. The molecule has 0 saturated carbocycles. The first-order valence-electron chi connectivity index (χ1n) is 14.3. The number of benzene rings is 1. The van der Waals surface area contributed by atoms with Crippen LogP contribution < -0.4 is 10.2 Å². The van der Waals surface area contributed by atoms with Gasteiger partial charge in [-0.25, -0.2) is 28.6 Å². The molecule has 4 heterocycles. The lowest BCUT2D eigenvalue weighted by molar-refractivity contribution is -0.148. The van der Waals surface area contributed by atoms with E-state index in [-0.39, 0.29) is 30.7 Å². The number of nitrogens with zero attached hydrogens (tertiary/aromatic N) is 7. The Morgan fingerprint density at radius 2 is 1.98 bits per heavy atom. The molecule has 0 aliphatic carbocycles. The van der Waals surface area contributed by atoms with Gasteiger partial charge in [0, 0.05) is 51.9 Å². The quantitative estimate of drug-likeness (QED) is 0.235. The molecule has 240 valence electrons. The number of aromatic nitrogens is 6. The Hall–Kier alpha value is -3.14. The van der Waals surface area contributed by atoms with Crippen LogP contribution in [-0.4, -0.2) is 84.9 Å². The third kappa shape index (κ3) is 6.75. The first-order valence-corrected chi connectivity index (χ1v) is 16.2. The zero-order chi connectivity index (χ0) is 31.8. The summed E-state index contributed by atoms with van der Waals surface area (Å²) in [6.45, 7) is 6.25. The van der Waals surface area contributed by atoms with E-state index in [1.807, 2.05) is 11.6 Å². The van der Waals surface area contributed by atoms with Crippen LogP contribution in [0, 0.1) is 11.6 Å². The number of tetrazole rings is 1. The van der Waals surface area contributed by atoms with Crippen LogP contribution in [0.5, 0.6) is 0 Å². The van der Waals surface area contributed by atoms with Crippen LogP contribution >= 0.6 is 7.44 Å². The number of hydrogen-bond donors (Lipinski definition) is 2. The molecule has 14 nitrogen and oxygen atoms in total. The number of carbonyl (C=O) groups is 1. The van der Waals surface area contributed by atoms with E-state index in [0.717, 1.165) is 29.6 Å². The molecule has 44 heavy (non-hydrogen) atoms. The molecule has 2 aromatic heterocycles. The van der Waals surface area contributed by atoms with E-state index in [1.54, 1.807) is 32.5 Å². The number of halogens is 2. The Morgan fingerprint density at radius 3 is 2.64 bits per heavy atom. The number of carbonyl (C=O) groups excluding carboxylic acids is 1. The molecule has 1 fully saturated rings. The Balaban J connectivity index is 1.39. The van der Waals surface area contributed by atoms with E-state index in [2.05, 4.69) is 30.6 Å². The summed E-state index contributed by atoms with van der Waals surface area (Å²) < 4.78 is 63.7. The summed E-state index contributed by atoms with van der Waals surface area (Å²) in [7, 11) is 1.38. The average Bonchev–Trinajstić information content (AvgIpc) is 3.65. The molecule has 5 atom stereocenters. The van der Waals surface area contributed by atoms with Crippen molar-refractivity contribution in [1.29, 1.82) is 0 Å². The summed E-state index contributed by atoms with van der Waals surface area (Å²) in [5, 5.41) is 17.6. The highest BCUT2D eigenvalue weighted by molar-refractivity contribution is 7.59. The van der Waals surface area contributed by atoms with Crippen molar-refractivity contribution < 1.29 is 32.4 Å². The largest absolute Gasteiger partial charge is 0.462 e. The van der Waals surface area contributed by atoms with Crippen LogP contribution in [0.1, 0.15) is 50.2 Å². The normalized spacial score (nSPS) is 22.6. The maximum atomic E-state index is 15.0. The van der Waals surface area contributed by atoms with E-state index in [9.17, 15) is 13.8 Å². The van der Waals surface area contributed by atoms with Gasteiger partial charge in [-0.1, -0.05) is 0 Å². The lowest BCUT2D eigenvalue weighted by Gasteiger charge is -2.42. The fourth-order valence-corrected chi connectivity index (χ4v) is 7.82. The number of ether oxygens (including phenoxy) is 3. The molecular formula is C27H38F2N9O5P. The minimum absolute atomic E-state index is 0.00508. The topological polar surface area (TPSA) is 151 Å². The standard InChI is InChI=1S/C27H38F2N9O5P/c1-15(2)43-27(39)16(3)32-44(40,14-41-6)33-21-10-18(13-42-24(21)19-9-17(28)7-8-20(19)29)38-11-22-23(12-38)36(4)25(30-22)26-31-34-35-37(26)5/h7-9,15-16,18,21,24H,10-14H2,1-6H3,(H2,32,33,40)/t16-,18+,21-,24+,44?/m0/s1. The van der Waals surface area contributed by atoms with E-state index < -0.39 is 43.2 Å². The number of imidazole rings is 1. The maximum Gasteiger partial charge on any atom is 0.323 e. The van der Waals surface area contributed by atoms with Gasteiger partial charge in [-0.05, 0) is 55.8 Å². The van der Waals surface area contributed by atoms with E-state index in [1.165, 1.54) is 7.11 Å². The number of aryl methyl sites for hydroxylation is 1. The summed E-state index contributed by atoms with van der Waals surface area (Å²) in [5.74, 6) is -0.647. The molecule has 2 aliphatic rings. The van der Waals surface area contributed by atoms with Crippen molar-refractivity contribution in [1.82, 2.24) is 44.8 Å². The molecule has 5 rings (SSSR count). The first-order chi connectivity index (χ1) is 20.9. The molecule has 0 bridgehead atoms. The number of rotatable bonds is 11. The van der Waals surface area contributed by atoms with Crippen molar-refractivity contribution in [2.24, 2.45) is 14.1 Å². The van der Waals surface area contributed by atoms with Gasteiger partial charge in [0.25, 0.3) is 0 Å². The predicted octanol–water partition coefficient (Wildman–Crippen LogP) is 2.42. The third-order valence-corrected chi connectivity index (χ3v) is 9.93. The van der Waals surface area contributed by atoms with Crippen LogP contribution in [0.3, 0.4) is 0 Å². The highest BCUT2D eigenvalue weighted by Gasteiger charge is 2.42. The second kappa shape index (κ2) is 13.1. The van der Waals surface area contributed by atoms with E-state index in [4.69, 9.17) is 19.2 Å². The van der Waals surface area contributed by atoms with Crippen LogP contribution in [0.15, 0.2) is 18.2 Å². The molecular weight excluding hydrogens is 599 g/mol. The van der Waals surface area contributed by atoms with Crippen molar-refractivity contribution >= 4 is 13.4 Å². The van der Waals surface area contributed by atoms with Crippen LogP contribution in [0.4, 0.5) is 8.78 Å². The lowest BCUT2D eigenvalue weighted by atomic mass is 9.93. The van der Waals surface area contributed by atoms with Crippen molar-refractivity contribution in [3.05, 3.63) is 46.8 Å². The summed E-state index contributed by atoms with van der Waals surface area (Å²) in [4.78, 5) is 19.5. The SMILES string of the molecule is COCP(=O)(N[C@@H](C)C(=O)OC(C)C)N[C@H]1C[C@@H](N2Cc3nc(-c4nnnn4C)n(C)c3C2)CO[C@@H]1c1cc(F)ccc1F. The van der Waals surface area contributed by atoms with Crippen LogP contribution in [0.2, 0.25) is 0 Å². The van der Waals surface area contributed by atoms with Crippen LogP contribution in [-0.2, 0) is 50.8 Å². The van der Waals surface area contributed by atoms with E-state index in [0.29, 0.717) is 31.2 Å². The predicted molar refractivity (Wildman–Crippen MR) is 154 cm³/mol. The first kappa shape index (κ1) is 32.3. The second-order valence-electron chi connectivity index (χ2n) is 11.5. The average molecular weight is 638 g/mol.